The molecule has 0 aliphatic carbocycles. The van der Waals surface area contributed by atoms with Crippen molar-refractivity contribution in [3.63, 3.8) is 0 Å². The van der Waals surface area contributed by atoms with Gasteiger partial charge < -0.3 is 10.1 Å². The van der Waals surface area contributed by atoms with Crippen molar-refractivity contribution in [3.8, 4) is 0 Å². The maximum Gasteiger partial charge on any atom is 0.249 e. The van der Waals surface area contributed by atoms with Crippen molar-refractivity contribution in [1.82, 2.24) is 5.32 Å². The normalized spacial score (nSPS) is 12.0. The van der Waals surface area contributed by atoms with E-state index in [9.17, 15) is 4.79 Å². The summed E-state index contributed by atoms with van der Waals surface area (Å²) in [6, 6.07) is 15.3. The number of rotatable bonds is 6. The van der Waals surface area contributed by atoms with Crippen LogP contribution in [0.4, 0.5) is 0 Å². The van der Waals surface area contributed by atoms with Gasteiger partial charge in [-0.2, -0.15) is 0 Å². The number of carbonyl (C=O) groups is 1. The van der Waals surface area contributed by atoms with Gasteiger partial charge in [0.1, 0.15) is 6.10 Å². The van der Waals surface area contributed by atoms with Crippen LogP contribution in [0.1, 0.15) is 18.1 Å². The summed E-state index contributed by atoms with van der Waals surface area (Å²) < 4.78 is 6.48. The van der Waals surface area contributed by atoms with Crippen molar-refractivity contribution >= 4 is 33.4 Å². The van der Waals surface area contributed by atoms with Crippen LogP contribution in [0.2, 0.25) is 5.02 Å². The predicted molar refractivity (Wildman–Crippen MR) is 91.7 cm³/mol. The zero-order valence-corrected chi connectivity index (χ0v) is 14.5. The Morgan fingerprint density at radius 2 is 2.00 bits per heavy atom. The number of hydrogen-bond donors (Lipinski definition) is 1. The van der Waals surface area contributed by atoms with Crippen LogP contribution in [0.25, 0.3) is 0 Å². The lowest BCUT2D eigenvalue weighted by atomic mass is 10.2. The van der Waals surface area contributed by atoms with Gasteiger partial charge in [0.15, 0.2) is 0 Å². The number of ether oxygens (including phenoxy) is 1. The summed E-state index contributed by atoms with van der Waals surface area (Å²) in [5.74, 6) is -0.157. The highest BCUT2D eigenvalue weighted by Crippen LogP contribution is 2.21. The van der Waals surface area contributed by atoms with Gasteiger partial charge in [0, 0.05) is 16.0 Å². The van der Waals surface area contributed by atoms with E-state index in [-0.39, 0.29) is 5.91 Å². The van der Waals surface area contributed by atoms with Crippen LogP contribution >= 0.6 is 27.5 Å². The minimum Gasteiger partial charge on any atom is -0.364 e. The number of benzene rings is 2. The quantitative estimate of drug-likeness (QED) is 0.808. The molecule has 1 N–H and O–H groups in total. The predicted octanol–water partition coefficient (Wildman–Crippen LogP) is 4.32. The van der Waals surface area contributed by atoms with Crippen LogP contribution in [0.3, 0.4) is 0 Å². The molecule has 0 bridgehead atoms. The molecule has 0 heterocycles. The largest absolute Gasteiger partial charge is 0.364 e. The van der Waals surface area contributed by atoms with Gasteiger partial charge in [0.05, 0.1) is 6.61 Å². The number of nitrogens with one attached hydrogen (secondary N) is 1. The molecule has 22 heavy (non-hydrogen) atoms. The first-order valence-electron chi connectivity index (χ1n) is 6.93. The Balaban J connectivity index is 1.81. The van der Waals surface area contributed by atoms with E-state index < -0.39 is 6.10 Å². The van der Waals surface area contributed by atoms with Gasteiger partial charge in [-0.15, -0.1) is 0 Å². The summed E-state index contributed by atoms with van der Waals surface area (Å²) in [5.41, 5.74) is 1.91. The van der Waals surface area contributed by atoms with Crippen LogP contribution in [0, 0.1) is 0 Å². The SMILES string of the molecule is CC(OCc1ccccc1)C(=O)NCc1ccc(Br)cc1Cl. The average molecular weight is 383 g/mol. The Morgan fingerprint density at radius 3 is 2.68 bits per heavy atom. The molecule has 0 radical (unpaired) electrons. The summed E-state index contributed by atoms with van der Waals surface area (Å²) in [6.45, 7) is 2.53. The van der Waals surface area contributed by atoms with Crippen molar-refractivity contribution in [2.45, 2.75) is 26.2 Å². The molecule has 0 aromatic heterocycles. The molecule has 0 aliphatic heterocycles. The van der Waals surface area contributed by atoms with E-state index in [0.717, 1.165) is 15.6 Å². The van der Waals surface area contributed by atoms with Crippen LogP contribution in [-0.4, -0.2) is 12.0 Å². The van der Waals surface area contributed by atoms with E-state index >= 15 is 0 Å². The Kier molecular flexibility index (Phi) is 6.43. The maximum absolute atomic E-state index is 12.0. The molecule has 0 aliphatic rings. The van der Waals surface area contributed by atoms with Crippen molar-refractivity contribution in [2.75, 3.05) is 0 Å². The Morgan fingerprint density at radius 1 is 1.27 bits per heavy atom. The summed E-state index contributed by atoms with van der Waals surface area (Å²) >= 11 is 9.47. The van der Waals surface area contributed by atoms with Gasteiger partial charge in [-0.25, -0.2) is 0 Å². The van der Waals surface area contributed by atoms with Crippen molar-refractivity contribution in [1.29, 1.82) is 0 Å². The van der Waals surface area contributed by atoms with Gasteiger partial charge in [-0.1, -0.05) is 63.9 Å². The number of carbonyl (C=O) groups excluding carboxylic acids is 1. The molecule has 5 heteroatoms. The molecule has 1 amide bonds. The Hall–Kier alpha value is -1.36. The molecule has 2 rings (SSSR count). The Labute approximate surface area is 143 Å². The maximum atomic E-state index is 12.0. The molecule has 116 valence electrons. The van der Waals surface area contributed by atoms with Crippen LogP contribution < -0.4 is 5.32 Å². The second-order valence-electron chi connectivity index (χ2n) is 4.89. The zero-order valence-electron chi connectivity index (χ0n) is 12.2. The average Bonchev–Trinajstić information content (AvgIpc) is 2.52. The van der Waals surface area contributed by atoms with E-state index in [1.165, 1.54) is 0 Å². The van der Waals surface area contributed by atoms with Crippen molar-refractivity contribution in [3.05, 3.63) is 69.2 Å². The third kappa shape index (κ3) is 5.13. The minimum absolute atomic E-state index is 0.157. The third-order valence-corrected chi connectivity index (χ3v) is 4.03. The molecule has 1 unspecified atom stereocenters. The number of halogens is 2. The highest BCUT2D eigenvalue weighted by atomic mass is 79.9. The first-order chi connectivity index (χ1) is 10.6. The first kappa shape index (κ1) is 17.0. The topological polar surface area (TPSA) is 38.3 Å². The second-order valence-corrected chi connectivity index (χ2v) is 6.22. The fraction of sp³-hybridized carbons (Fsp3) is 0.235. The molecular formula is C17H17BrClNO2. The molecule has 2 aromatic carbocycles. The van der Waals surface area contributed by atoms with Gasteiger partial charge in [0.25, 0.3) is 0 Å². The molecule has 0 spiro atoms. The summed E-state index contributed by atoms with van der Waals surface area (Å²) in [4.78, 5) is 12.0. The zero-order chi connectivity index (χ0) is 15.9. The molecule has 0 saturated carbocycles. The summed E-state index contributed by atoms with van der Waals surface area (Å²) in [6.07, 6.45) is -0.519. The van der Waals surface area contributed by atoms with E-state index in [1.54, 1.807) is 13.0 Å². The van der Waals surface area contributed by atoms with E-state index in [0.29, 0.717) is 18.2 Å². The van der Waals surface area contributed by atoms with Crippen molar-refractivity contribution in [2.24, 2.45) is 0 Å². The van der Waals surface area contributed by atoms with Gasteiger partial charge in [-0.3, -0.25) is 4.79 Å². The van der Waals surface area contributed by atoms with Crippen molar-refractivity contribution < 1.29 is 9.53 Å². The smallest absolute Gasteiger partial charge is 0.249 e. The van der Waals surface area contributed by atoms with Gasteiger partial charge in [-0.05, 0) is 30.2 Å². The highest BCUT2D eigenvalue weighted by molar-refractivity contribution is 9.10. The fourth-order valence-corrected chi connectivity index (χ4v) is 2.60. The lowest BCUT2D eigenvalue weighted by molar-refractivity contribution is -0.132. The molecule has 3 nitrogen and oxygen atoms in total. The third-order valence-electron chi connectivity index (χ3n) is 3.18. The van der Waals surface area contributed by atoms with E-state index in [2.05, 4.69) is 21.2 Å². The summed E-state index contributed by atoms with van der Waals surface area (Å²) in [7, 11) is 0. The Bertz CT molecular complexity index is 634. The summed E-state index contributed by atoms with van der Waals surface area (Å²) in [5, 5.41) is 3.45. The van der Waals surface area contributed by atoms with Gasteiger partial charge in [0.2, 0.25) is 5.91 Å². The number of amides is 1. The minimum atomic E-state index is -0.519. The van der Waals surface area contributed by atoms with Crippen LogP contribution in [0.5, 0.6) is 0 Å². The van der Waals surface area contributed by atoms with E-state index in [1.807, 2.05) is 42.5 Å². The monoisotopic (exact) mass is 381 g/mol. The second kappa shape index (κ2) is 8.32. The molecule has 1 atom stereocenters. The molecule has 2 aromatic rings. The number of hydrogen-bond acceptors (Lipinski definition) is 2. The molecule has 0 saturated heterocycles. The molecular weight excluding hydrogens is 366 g/mol. The standard InChI is InChI=1S/C17H17BrClNO2/c1-12(22-11-13-5-3-2-4-6-13)17(21)20-10-14-7-8-15(18)9-16(14)19/h2-9,12H,10-11H2,1H3,(H,20,21). The molecule has 0 fully saturated rings. The van der Waals surface area contributed by atoms with Crippen LogP contribution in [0.15, 0.2) is 53.0 Å². The fourth-order valence-electron chi connectivity index (χ4n) is 1.86. The van der Waals surface area contributed by atoms with E-state index in [4.69, 9.17) is 16.3 Å². The lowest BCUT2D eigenvalue weighted by Crippen LogP contribution is -2.34. The van der Waals surface area contributed by atoms with Crippen LogP contribution in [-0.2, 0) is 22.7 Å². The van der Waals surface area contributed by atoms with Gasteiger partial charge >= 0.3 is 0 Å². The highest BCUT2D eigenvalue weighted by Gasteiger charge is 2.13. The first-order valence-corrected chi connectivity index (χ1v) is 8.10. The lowest BCUT2D eigenvalue weighted by Gasteiger charge is -2.14.